The van der Waals surface area contributed by atoms with E-state index in [1.165, 1.54) is 19.2 Å². The summed E-state index contributed by atoms with van der Waals surface area (Å²) in [5, 5.41) is 6.32. The quantitative estimate of drug-likeness (QED) is 0.338. The summed E-state index contributed by atoms with van der Waals surface area (Å²) in [5.74, 6) is -1.36. The molecule has 0 spiro atoms. The van der Waals surface area contributed by atoms with Crippen molar-refractivity contribution < 1.29 is 23.5 Å². The molecule has 7 nitrogen and oxygen atoms in total. The number of methoxy groups -OCH3 is 1. The van der Waals surface area contributed by atoms with Gasteiger partial charge in [0.2, 0.25) is 0 Å². The first-order valence-corrected chi connectivity index (χ1v) is 12.7. The SMILES string of the molecule is CCN(CC)CCNC(=O)C1=C(C(=O)OC)C2(C(Cc3ccccc3)Nc3cccc(F)c3)C=CC1O2. The Morgan fingerprint density at radius 2 is 1.89 bits per heavy atom. The number of hydrogen-bond acceptors (Lipinski definition) is 6. The van der Waals surface area contributed by atoms with Crippen molar-refractivity contribution in [3.8, 4) is 0 Å². The number of fused-ring (bicyclic) bond motifs is 2. The van der Waals surface area contributed by atoms with E-state index < -0.39 is 23.7 Å². The Kier molecular flexibility index (Phi) is 8.41. The lowest BCUT2D eigenvalue weighted by atomic mass is 9.78. The molecule has 2 aromatic rings. The molecule has 8 heteroatoms. The van der Waals surface area contributed by atoms with E-state index in [9.17, 15) is 14.0 Å². The molecule has 1 amide bonds. The number of benzene rings is 2. The van der Waals surface area contributed by atoms with Crippen LogP contribution in [0.25, 0.3) is 0 Å². The summed E-state index contributed by atoms with van der Waals surface area (Å²) in [6.07, 6.45) is 3.38. The third-order valence-corrected chi connectivity index (χ3v) is 6.99. The molecule has 0 radical (unpaired) electrons. The highest BCUT2D eigenvalue weighted by atomic mass is 19.1. The summed E-state index contributed by atoms with van der Waals surface area (Å²) in [5.41, 5.74) is 0.691. The van der Waals surface area contributed by atoms with Gasteiger partial charge in [-0.1, -0.05) is 56.3 Å². The van der Waals surface area contributed by atoms with Crippen LogP contribution in [0.2, 0.25) is 0 Å². The van der Waals surface area contributed by atoms with Gasteiger partial charge in [-0.25, -0.2) is 9.18 Å². The Hall–Kier alpha value is -3.49. The molecule has 3 unspecified atom stereocenters. The third kappa shape index (κ3) is 5.60. The Balaban J connectivity index is 1.70. The summed E-state index contributed by atoms with van der Waals surface area (Å²) in [6.45, 7) is 7.04. The van der Waals surface area contributed by atoms with Crippen molar-refractivity contribution in [3.05, 3.63) is 89.3 Å². The van der Waals surface area contributed by atoms with Gasteiger partial charge < -0.3 is 25.0 Å². The third-order valence-electron chi connectivity index (χ3n) is 6.99. The number of rotatable bonds is 12. The highest BCUT2D eigenvalue weighted by molar-refractivity contribution is 6.07. The summed E-state index contributed by atoms with van der Waals surface area (Å²) < 4.78 is 25.6. The summed E-state index contributed by atoms with van der Waals surface area (Å²) in [7, 11) is 1.29. The van der Waals surface area contributed by atoms with Crippen molar-refractivity contribution in [2.45, 2.75) is 38.0 Å². The van der Waals surface area contributed by atoms with Crippen LogP contribution in [0, 0.1) is 5.82 Å². The smallest absolute Gasteiger partial charge is 0.337 e. The number of carbonyl (C=O) groups excluding carboxylic acids is 2. The first kappa shape index (κ1) is 26.6. The Morgan fingerprint density at radius 1 is 1.14 bits per heavy atom. The van der Waals surface area contributed by atoms with Gasteiger partial charge in [0.25, 0.3) is 5.91 Å². The molecule has 2 aromatic carbocycles. The molecule has 2 N–H and O–H groups in total. The molecule has 0 fully saturated rings. The molecule has 2 aliphatic rings. The largest absolute Gasteiger partial charge is 0.466 e. The van der Waals surface area contributed by atoms with Gasteiger partial charge in [0.1, 0.15) is 17.5 Å². The number of nitrogens with one attached hydrogen (secondary N) is 2. The maximum absolute atomic E-state index is 14.0. The van der Waals surface area contributed by atoms with Gasteiger partial charge in [0.05, 0.1) is 24.3 Å². The zero-order valence-corrected chi connectivity index (χ0v) is 21.5. The number of amides is 1. The van der Waals surface area contributed by atoms with E-state index in [0.717, 1.165) is 18.7 Å². The molecule has 37 heavy (non-hydrogen) atoms. The number of halogens is 1. The van der Waals surface area contributed by atoms with Crippen LogP contribution in [0.3, 0.4) is 0 Å². The molecule has 4 rings (SSSR count). The monoisotopic (exact) mass is 507 g/mol. The van der Waals surface area contributed by atoms with Gasteiger partial charge in [-0.05, 0) is 49.3 Å². The summed E-state index contributed by atoms with van der Waals surface area (Å²) in [4.78, 5) is 28.8. The van der Waals surface area contributed by atoms with Crippen LogP contribution in [0.4, 0.5) is 10.1 Å². The maximum Gasteiger partial charge on any atom is 0.337 e. The highest BCUT2D eigenvalue weighted by Crippen LogP contribution is 2.47. The molecule has 2 bridgehead atoms. The Labute approximate surface area is 217 Å². The van der Waals surface area contributed by atoms with Crippen molar-refractivity contribution in [3.63, 3.8) is 0 Å². The maximum atomic E-state index is 14.0. The second-order valence-electron chi connectivity index (χ2n) is 9.15. The fourth-order valence-electron chi connectivity index (χ4n) is 5.06. The molecule has 0 aliphatic carbocycles. The van der Waals surface area contributed by atoms with E-state index in [0.29, 0.717) is 25.2 Å². The predicted molar refractivity (Wildman–Crippen MR) is 141 cm³/mol. The van der Waals surface area contributed by atoms with E-state index in [2.05, 4.69) is 29.4 Å². The number of anilines is 1. The van der Waals surface area contributed by atoms with Crippen LogP contribution in [0.5, 0.6) is 0 Å². The number of esters is 1. The van der Waals surface area contributed by atoms with Crippen molar-refractivity contribution in [1.82, 2.24) is 10.2 Å². The molecule has 0 aromatic heterocycles. The Morgan fingerprint density at radius 3 is 2.57 bits per heavy atom. The van der Waals surface area contributed by atoms with Crippen molar-refractivity contribution >= 4 is 17.6 Å². The lowest BCUT2D eigenvalue weighted by Crippen LogP contribution is -2.49. The topological polar surface area (TPSA) is 79.9 Å². The lowest BCUT2D eigenvalue weighted by molar-refractivity contribution is -0.138. The zero-order valence-electron chi connectivity index (χ0n) is 21.5. The molecule has 0 saturated heterocycles. The van der Waals surface area contributed by atoms with Gasteiger partial charge in [0.15, 0.2) is 0 Å². The van der Waals surface area contributed by atoms with E-state index in [-0.39, 0.29) is 22.9 Å². The zero-order chi connectivity index (χ0) is 26.4. The summed E-state index contributed by atoms with van der Waals surface area (Å²) in [6, 6.07) is 15.3. The van der Waals surface area contributed by atoms with Gasteiger partial charge >= 0.3 is 5.97 Å². The fourth-order valence-corrected chi connectivity index (χ4v) is 5.06. The van der Waals surface area contributed by atoms with E-state index >= 15 is 0 Å². The summed E-state index contributed by atoms with van der Waals surface area (Å²) >= 11 is 0. The number of carbonyl (C=O) groups is 2. The van der Waals surface area contributed by atoms with E-state index in [1.54, 1.807) is 18.2 Å². The fraction of sp³-hybridized carbons (Fsp3) is 0.379. The first-order valence-electron chi connectivity index (χ1n) is 12.7. The number of likely N-dealkylation sites (N-methyl/N-ethyl adjacent to an activating group) is 1. The highest BCUT2D eigenvalue weighted by Gasteiger charge is 2.58. The normalized spacial score (nSPS) is 20.8. The standard InChI is InChI=1S/C29H34FN3O4/c1-4-33(5-2)17-16-31-27(34)25-23-14-15-29(37-23,26(25)28(35)36-3)24(18-20-10-7-6-8-11-20)32-22-13-9-12-21(30)19-22/h6-15,19,23-24,32H,4-5,16-18H2,1-3H3,(H,31,34). The van der Waals surface area contributed by atoms with Crippen molar-refractivity contribution in [1.29, 1.82) is 0 Å². The number of hydrogen-bond donors (Lipinski definition) is 2. The Bertz CT molecular complexity index is 1180. The molecule has 3 atom stereocenters. The number of nitrogens with zero attached hydrogens (tertiary/aromatic N) is 1. The van der Waals surface area contributed by atoms with Crippen LogP contribution < -0.4 is 10.6 Å². The molecular weight excluding hydrogens is 473 g/mol. The van der Waals surface area contributed by atoms with Gasteiger partial charge in [-0.15, -0.1) is 0 Å². The molecule has 196 valence electrons. The molecule has 2 heterocycles. The van der Waals surface area contributed by atoms with Crippen LogP contribution in [-0.4, -0.2) is 67.8 Å². The van der Waals surface area contributed by atoms with Crippen LogP contribution in [0.15, 0.2) is 77.9 Å². The van der Waals surface area contributed by atoms with Crippen LogP contribution in [0.1, 0.15) is 19.4 Å². The van der Waals surface area contributed by atoms with E-state index in [4.69, 9.17) is 9.47 Å². The average molecular weight is 508 g/mol. The predicted octanol–water partition coefficient (Wildman–Crippen LogP) is 3.48. The van der Waals surface area contributed by atoms with Gasteiger partial charge in [-0.3, -0.25) is 4.79 Å². The molecule has 2 aliphatic heterocycles. The molecular formula is C29H34FN3O4. The van der Waals surface area contributed by atoms with Crippen molar-refractivity contribution in [2.24, 2.45) is 0 Å². The minimum atomic E-state index is -1.27. The van der Waals surface area contributed by atoms with Gasteiger partial charge in [0, 0.05) is 18.8 Å². The van der Waals surface area contributed by atoms with Crippen molar-refractivity contribution in [2.75, 3.05) is 38.6 Å². The second kappa shape index (κ2) is 11.7. The minimum Gasteiger partial charge on any atom is -0.466 e. The van der Waals surface area contributed by atoms with Gasteiger partial charge in [-0.2, -0.15) is 0 Å². The first-order chi connectivity index (χ1) is 17.9. The van der Waals surface area contributed by atoms with Crippen LogP contribution in [-0.2, 0) is 25.5 Å². The van der Waals surface area contributed by atoms with E-state index in [1.807, 2.05) is 36.4 Å². The van der Waals surface area contributed by atoms with Crippen LogP contribution >= 0.6 is 0 Å². The lowest BCUT2D eigenvalue weighted by Gasteiger charge is -2.36. The molecule has 0 saturated carbocycles. The number of ether oxygens (including phenoxy) is 2. The second-order valence-corrected chi connectivity index (χ2v) is 9.15. The minimum absolute atomic E-state index is 0.174. The average Bonchev–Trinajstić information content (AvgIpc) is 3.49.